The van der Waals surface area contributed by atoms with E-state index in [1.807, 2.05) is 0 Å². The van der Waals surface area contributed by atoms with Crippen molar-refractivity contribution < 1.29 is 54.4 Å². The van der Waals surface area contributed by atoms with Crippen molar-refractivity contribution in [2.24, 2.45) is 0 Å². The maximum absolute atomic E-state index is 13.0. The third-order valence-electron chi connectivity index (χ3n) is 3.59. The van der Waals surface area contributed by atoms with Crippen LogP contribution in [0.2, 0.25) is 0 Å². The topological polar surface area (TPSA) is 146 Å². The van der Waals surface area contributed by atoms with Crippen LogP contribution in [0.1, 0.15) is 63.6 Å². The van der Waals surface area contributed by atoms with E-state index in [2.05, 4.69) is 4.18 Å². The lowest BCUT2D eigenvalue weighted by atomic mass is 9.99. The van der Waals surface area contributed by atoms with Crippen molar-refractivity contribution >= 4 is 33.7 Å². The van der Waals surface area contributed by atoms with Crippen LogP contribution in [0.4, 0.5) is 13.2 Å². The molecule has 0 aliphatic rings. The number of alkyl halides is 3. The Labute approximate surface area is 200 Å². The van der Waals surface area contributed by atoms with Crippen LogP contribution < -0.4 is 0 Å². The summed E-state index contributed by atoms with van der Waals surface area (Å²) in [5.74, 6) is -3.70. The van der Waals surface area contributed by atoms with Gasteiger partial charge in [-0.25, -0.2) is 18.6 Å². The van der Waals surface area contributed by atoms with Gasteiger partial charge in [0.15, 0.2) is 18.4 Å². The Bertz CT molecular complexity index is 1080. The molecule has 35 heavy (non-hydrogen) atoms. The quantitative estimate of drug-likeness (QED) is 0.177. The maximum Gasteiger partial charge on any atom is 0.523 e. The molecule has 14 heteroatoms. The van der Waals surface area contributed by atoms with Gasteiger partial charge in [-0.3, -0.25) is 5.41 Å². The normalized spacial score (nSPS) is 13.5. The minimum atomic E-state index is -6.33. The highest BCUT2D eigenvalue weighted by atomic mass is 32.2. The van der Waals surface area contributed by atoms with Crippen LogP contribution in [-0.2, 0) is 38.1 Å². The Morgan fingerprint density at radius 3 is 1.94 bits per heavy atom. The summed E-state index contributed by atoms with van der Waals surface area (Å²) in [6.45, 7) is 8.03. The minimum Gasteiger partial charge on any atom is -0.457 e. The summed E-state index contributed by atoms with van der Waals surface area (Å²) in [5.41, 5.74) is -10.5. The van der Waals surface area contributed by atoms with Crippen LogP contribution in [0.15, 0.2) is 24.3 Å². The molecule has 1 unspecified atom stereocenters. The first kappa shape index (κ1) is 30.0. The zero-order chi connectivity index (χ0) is 27.4. The number of ether oxygens (including phenoxy) is 3. The molecular weight excluding hydrogens is 499 g/mol. The zero-order valence-corrected chi connectivity index (χ0v) is 20.6. The predicted molar refractivity (Wildman–Crippen MR) is 115 cm³/mol. The Morgan fingerprint density at radius 1 is 0.943 bits per heavy atom. The molecule has 0 fully saturated rings. The lowest BCUT2D eigenvalue weighted by Gasteiger charge is -2.24. The molecule has 1 N–H and O–H groups in total. The van der Waals surface area contributed by atoms with E-state index in [1.54, 1.807) is 20.8 Å². The molecule has 1 rings (SSSR count). The molecule has 196 valence electrons. The average Bonchev–Trinajstić information content (AvgIpc) is 2.66. The summed E-state index contributed by atoms with van der Waals surface area (Å²) in [7, 11) is -6.33. The number of hydrogen-bond donors (Lipinski definition) is 1. The molecule has 0 saturated carbocycles. The highest BCUT2D eigenvalue weighted by molar-refractivity contribution is 7.87. The van der Waals surface area contributed by atoms with E-state index < -0.39 is 74.3 Å². The molecule has 0 radical (unpaired) electrons. The molecule has 0 aliphatic heterocycles. The van der Waals surface area contributed by atoms with Gasteiger partial charge in [0.1, 0.15) is 11.2 Å². The van der Waals surface area contributed by atoms with E-state index in [9.17, 15) is 36.0 Å². The van der Waals surface area contributed by atoms with Gasteiger partial charge in [0, 0.05) is 5.56 Å². The van der Waals surface area contributed by atoms with Crippen LogP contribution in [0.25, 0.3) is 0 Å². The average molecular weight is 525 g/mol. The number of benzene rings is 1. The summed E-state index contributed by atoms with van der Waals surface area (Å²) in [6, 6.07) is 4.42. The first-order valence-electron chi connectivity index (χ1n) is 9.94. The number of esters is 3. The van der Waals surface area contributed by atoms with Gasteiger partial charge in [-0.2, -0.15) is 21.6 Å². The Balaban J connectivity index is 3.41. The van der Waals surface area contributed by atoms with Crippen molar-refractivity contribution in [3.05, 3.63) is 35.4 Å². The molecule has 10 nitrogen and oxygen atoms in total. The number of nitrogens with one attached hydrogen (secondary N) is 1. The second-order valence-electron chi connectivity index (χ2n) is 9.04. The third-order valence-corrected chi connectivity index (χ3v) is 4.60. The fourth-order valence-corrected chi connectivity index (χ4v) is 2.92. The van der Waals surface area contributed by atoms with Crippen molar-refractivity contribution in [2.45, 2.75) is 64.4 Å². The predicted octanol–water partition coefficient (Wildman–Crippen LogP) is 3.45. The van der Waals surface area contributed by atoms with Crippen LogP contribution >= 0.6 is 0 Å². The Morgan fingerprint density at radius 2 is 1.46 bits per heavy atom. The van der Waals surface area contributed by atoms with Crippen molar-refractivity contribution in [3.8, 4) is 0 Å². The first-order valence-corrected chi connectivity index (χ1v) is 11.3. The van der Waals surface area contributed by atoms with Crippen LogP contribution in [-0.4, -0.2) is 55.4 Å². The molecule has 0 saturated heterocycles. The van der Waals surface area contributed by atoms with Gasteiger partial charge < -0.3 is 14.2 Å². The van der Waals surface area contributed by atoms with Gasteiger partial charge in [0.25, 0.3) is 0 Å². The summed E-state index contributed by atoms with van der Waals surface area (Å²) in [5, 5.41) is 8.00. The van der Waals surface area contributed by atoms with E-state index in [1.165, 1.54) is 32.9 Å². The fraction of sp³-hybridized carbons (Fsp3) is 0.524. The van der Waals surface area contributed by atoms with Crippen molar-refractivity contribution in [2.75, 3.05) is 6.61 Å². The highest BCUT2D eigenvalue weighted by Gasteiger charge is 2.50. The first-order chi connectivity index (χ1) is 15.6. The molecule has 0 spiro atoms. The zero-order valence-electron chi connectivity index (χ0n) is 19.8. The van der Waals surface area contributed by atoms with Gasteiger partial charge in [0.05, 0.1) is 5.56 Å². The SMILES string of the molecule is CC(C)(C)OC(=O)COC(=O)c1ccccc1C(OS(=O)(=O)C(F)(F)F)C(=N)C(=O)OC(C)(C)C. The molecule has 0 bridgehead atoms. The standard InChI is InChI=1S/C21H26F3NO9S/c1-19(2,3)32-14(26)11-31-17(27)13-10-8-7-9-12(13)16(34-35(29,30)21(22,23)24)15(25)18(28)33-20(4,5)6/h7-10,16,25H,11H2,1-6H3. The van der Waals surface area contributed by atoms with Crippen molar-refractivity contribution in [1.29, 1.82) is 5.41 Å². The summed E-state index contributed by atoms with van der Waals surface area (Å²) in [4.78, 5) is 36.8. The van der Waals surface area contributed by atoms with E-state index in [0.29, 0.717) is 0 Å². The number of rotatable bonds is 8. The van der Waals surface area contributed by atoms with E-state index in [4.69, 9.17) is 19.6 Å². The summed E-state index contributed by atoms with van der Waals surface area (Å²) >= 11 is 0. The fourth-order valence-electron chi connectivity index (χ4n) is 2.36. The van der Waals surface area contributed by atoms with E-state index >= 15 is 0 Å². The summed E-state index contributed by atoms with van der Waals surface area (Å²) in [6.07, 6.45) is -2.53. The summed E-state index contributed by atoms with van der Waals surface area (Å²) < 4.78 is 81.3. The van der Waals surface area contributed by atoms with Gasteiger partial charge in [-0.1, -0.05) is 18.2 Å². The Hall–Kier alpha value is -3.00. The molecule has 0 heterocycles. The number of carbonyl (C=O) groups is 3. The number of carbonyl (C=O) groups excluding carboxylic acids is 3. The van der Waals surface area contributed by atoms with E-state index in [0.717, 1.165) is 12.1 Å². The van der Waals surface area contributed by atoms with Gasteiger partial charge >= 0.3 is 33.5 Å². The van der Waals surface area contributed by atoms with Gasteiger partial charge in [-0.05, 0) is 47.6 Å². The lowest BCUT2D eigenvalue weighted by Crippen LogP contribution is -2.36. The lowest BCUT2D eigenvalue weighted by molar-refractivity contribution is -0.158. The van der Waals surface area contributed by atoms with Crippen LogP contribution in [0.3, 0.4) is 0 Å². The van der Waals surface area contributed by atoms with Crippen molar-refractivity contribution in [1.82, 2.24) is 0 Å². The second kappa shape index (κ2) is 10.7. The largest absolute Gasteiger partial charge is 0.523 e. The molecule has 0 aromatic heterocycles. The minimum absolute atomic E-state index is 0.563. The Kier molecular flexibility index (Phi) is 9.20. The van der Waals surface area contributed by atoms with Gasteiger partial charge in [-0.15, -0.1) is 0 Å². The van der Waals surface area contributed by atoms with Gasteiger partial charge in [0.2, 0.25) is 0 Å². The van der Waals surface area contributed by atoms with Crippen LogP contribution in [0.5, 0.6) is 0 Å². The second-order valence-corrected chi connectivity index (χ2v) is 10.6. The molecule has 1 aromatic carbocycles. The van der Waals surface area contributed by atoms with Crippen LogP contribution in [0, 0.1) is 5.41 Å². The number of hydrogen-bond acceptors (Lipinski definition) is 10. The monoisotopic (exact) mass is 525 g/mol. The highest BCUT2D eigenvalue weighted by Crippen LogP contribution is 2.33. The smallest absolute Gasteiger partial charge is 0.457 e. The maximum atomic E-state index is 13.0. The molecule has 1 atom stereocenters. The van der Waals surface area contributed by atoms with Crippen molar-refractivity contribution in [3.63, 3.8) is 0 Å². The number of halogens is 3. The van der Waals surface area contributed by atoms with E-state index in [-0.39, 0.29) is 0 Å². The third kappa shape index (κ3) is 9.28. The molecular formula is C21H26F3NO9S. The molecule has 0 aliphatic carbocycles. The molecule has 0 amide bonds. The molecule has 1 aromatic rings.